The fourth-order valence-electron chi connectivity index (χ4n) is 1.75. The minimum absolute atomic E-state index is 0.0585. The number of nitrogens with zero attached hydrogens (tertiary/aromatic N) is 1. The van der Waals surface area contributed by atoms with Gasteiger partial charge in [-0.25, -0.2) is 4.79 Å². The lowest BCUT2D eigenvalue weighted by molar-refractivity contribution is -0.139. The lowest BCUT2D eigenvalue weighted by atomic mass is 10.1. The van der Waals surface area contributed by atoms with Crippen molar-refractivity contribution in [3.05, 3.63) is 27.7 Å². The van der Waals surface area contributed by atoms with Gasteiger partial charge in [0.05, 0.1) is 11.6 Å². The van der Waals surface area contributed by atoms with Crippen LogP contribution in [0.4, 0.5) is 0 Å². The second kappa shape index (κ2) is 8.93. The molecule has 1 aromatic carbocycles. The second-order valence-corrected chi connectivity index (χ2v) is 5.87. The van der Waals surface area contributed by atoms with Crippen molar-refractivity contribution < 1.29 is 24.2 Å². The zero-order chi connectivity index (χ0) is 18.3. The molecule has 0 heterocycles. The summed E-state index contributed by atoms with van der Waals surface area (Å²) in [7, 11) is 1.40. The number of hydrogen-bond donors (Lipinski definition) is 2. The van der Waals surface area contributed by atoms with E-state index >= 15 is 0 Å². The Bertz CT molecular complexity index is 707. The van der Waals surface area contributed by atoms with E-state index in [4.69, 9.17) is 19.8 Å². The Hall–Kier alpha value is -2.53. The van der Waals surface area contributed by atoms with Gasteiger partial charge >= 0.3 is 5.97 Å². The van der Waals surface area contributed by atoms with E-state index in [1.54, 1.807) is 26.0 Å². The Morgan fingerprint density at radius 3 is 2.62 bits per heavy atom. The molecule has 2 N–H and O–H groups in total. The number of benzene rings is 1. The van der Waals surface area contributed by atoms with Crippen LogP contribution in [0.2, 0.25) is 0 Å². The molecule has 0 radical (unpaired) electrons. The number of hydrogen-bond acceptors (Lipinski definition) is 5. The first-order valence-electron chi connectivity index (χ1n) is 6.93. The molecule has 0 bridgehead atoms. The lowest BCUT2D eigenvalue weighted by Gasteiger charge is -2.12. The molecule has 8 heteroatoms. The molecule has 0 saturated carbocycles. The highest BCUT2D eigenvalue weighted by molar-refractivity contribution is 9.10. The van der Waals surface area contributed by atoms with Crippen molar-refractivity contribution in [2.75, 3.05) is 13.7 Å². The average molecular weight is 397 g/mol. The number of carboxylic acid groups (broad SMARTS) is 1. The molecule has 128 valence electrons. The number of carbonyl (C=O) groups is 2. The van der Waals surface area contributed by atoms with Crippen LogP contribution in [0, 0.1) is 11.3 Å². The largest absolute Gasteiger partial charge is 0.493 e. The van der Waals surface area contributed by atoms with Gasteiger partial charge in [-0.3, -0.25) is 4.79 Å². The molecule has 1 aromatic rings. The summed E-state index contributed by atoms with van der Waals surface area (Å²) in [6.45, 7) is 3.06. The van der Waals surface area contributed by atoms with Crippen LogP contribution in [0.25, 0.3) is 6.08 Å². The quantitative estimate of drug-likeness (QED) is 0.540. The van der Waals surface area contributed by atoms with Gasteiger partial charge in [-0.15, -0.1) is 0 Å². The van der Waals surface area contributed by atoms with E-state index in [0.717, 1.165) is 0 Å². The summed E-state index contributed by atoms with van der Waals surface area (Å²) in [5.74, 6) is -1.10. The third-order valence-electron chi connectivity index (χ3n) is 2.69. The predicted octanol–water partition coefficient (Wildman–Crippen LogP) is 2.35. The molecule has 0 atom stereocenters. The minimum atomic E-state index is -1.12. The van der Waals surface area contributed by atoms with Gasteiger partial charge in [-0.1, -0.05) is 0 Å². The number of aliphatic carboxylic acids is 1. The van der Waals surface area contributed by atoms with E-state index in [9.17, 15) is 9.59 Å². The number of carboxylic acids is 1. The van der Waals surface area contributed by atoms with Crippen LogP contribution < -0.4 is 14.8 Å². The zero-order valence-corrected chi connectivity index (χ0v) is 15.0. The summed E-state index contributed by atoms with van der Waals surface area (Å²) in [6.07, 6.45) is 1.41. The summed E-state index contributed by atoms with van der Waals surface area (Å²) in [5.41, 5.74) is 0.466. The van der Waals surface area contributed by atoms with Crippen LogP contribution in [0.1, 0.15) is 19.4 Å². The molecule has 24 heavy (non-hydrogen) atoms. The van der Waals surface area contributed by atoms with Crippen LogP contribution in [-0.4, -0.2) is 36.7 Å². The third-order valence-corrected chi connectivity index (χ3v) is 3.28. The lowest BCUT2D eigenvalue weighted by Crippen LogP contribution is -2.30. The maximum Gasteiger partial charge on any atom is 0.341 e. The van der Waals surface area contributed by atoms with Crippen LogP contribution in [0.15, 0.2) is 22.2 Å². The molecule has 0 aromatic heterocycles. The Morgan fingerprint density at radius 2 is 2.12 bits per heavy atom. The van der Waals surface area contributed by atoms with Crippen molar-refractivity contribution in [1.29, 1.82) is 5.26 Å². The van der Waals surface area contributed by atoms with Crippen molar-refractivity contribution in [2.24, 2.45) is 0 Å². The maximum atomic E-state index is 11.9. The first-order valence-corrected chi connectivity index (χ1v) is 7.72. The SMILES string of the molecule is COc1cc(/C=C(/C#N)C(=O)NC(C)C)cc(Br)c1OCC(=O)O. The van der Waals surface area contributed by atoms with E-state index < -0.39 is 18.5 Å². The number of nitriles is 1. The van der Waals surface area contributed by atoms with Crippen LogP contribution in [-0.2, 0) is 9.59 Å². The number of methoxy groups -OCH3 is 1. The second-order valence-electron chi connectivity index (χ2n) is 5.01. The molecule has 0 spiro atoms. The minimum Gasteiger partial charge on any atom is -0.493 e. The fraction of sp³-hybridized carbons (Fsp3) is 0.312. The predicted molar refractivity (Wildman–Crippen MR) is 90.7 cm³/mol. The van der Waals surface area contributed by atoms with Crippen molar-refractivity contribution in [3.63, 3.8) is 0 Å². The molecule has 7 nitrogen and oxygen atoms in total. The summed E-state index contributed by atoms with van der Waals surface area (Å²) in [6, 6.07) is 4.90. The molecule has 0 aliphatic heterocycles. The average Bonchev–Trinajstić information content (AvgIpc) is 2.49. The highest BCUT2D eigenvalue weighted by Gasteiger charge is 2.15. The number of nitrogens with one attached hydrogen (secondary N) is 1. The first-order chi connectivity index (χ1) is 11.3. The van der Waals surface area contributed by atoms with Gasteiger partial charge in [-0.2, -0.15) is 5.26 Å². The normalized spacial score (nSPS) is 10.9. The molecule has 0 saturated heterocycles. The first kappa shape index (κ1) is 19.5. The van der Waals surface area contributed by atoms with Crippen molar-refractivity contribution in [2.45, 2.75) is 19.9 Å². The van der Waals surface area contributed by atoms with Gasteiger partial charge in [0.1, 0.15) is 11.6 Å². The monoisotopic (exact) mass is 396 g/mol. The fourth-order valence-corrected chi connectivity index (χ4v) is 2.33. The van der Waals surface area contributed by atoms with E-state index in [-0.39, 0.29) is 23.1 Å². The molecule has 0 fully saturated rings. The van der Waals surface area contributed by atoms with Crippen molar-refractivity contribution in [1.82, 2.24) is 5.32 Å². The molecular weight excluding hydrogens is 380 g/mol. The molecule has 1 amide bonds. The summed E-state index contributed by atoms with van der Waals surface area (Å²) >= 11 is 3.27. The van der Waals surface area contributed by atoms with Gasteiger partial charge in [0.25, 0.3) is 5.91 Å². The van der Waals surface area contributed by atoms with Crippen molar-refractivity contribution in [3.8, 4) is 17.6 Å². The van der Waals surface area contributed by atoms with Gasteiger partial charge in [0.15, 0.2) is 18.1 Å². The maximum absolute atomic E-state index is 11.9. The smallest absolute Gasteiger partial charge is 0.341 e. The number of carbonyl (C=O) groups excluding carboxylic acids is 1. The van der Waals surface area contributed by atoms with E-state index in [2.05, 4.69) is 21.2 Å². The molecule has 0 aliphatic carbocycles. The Balaban J connectivity index is 3.19. The molecule has 0 unspecified atom stereocenters. The topological polar surface area (TPSA) is 109 Å². The molecule has 0 aliphatic rings. The Labute approximate surface area is 148 Å². The van der Waals surface area contributed by atoms with Gasteiger partial charge in [0.2, 0.25) is 0 Å². The highest BCUT2D eigenvalue weighted by Crippen LogP contribution is 2.37. The number of amides is 1. The Morgan fingerprint density at radius 1 is 1.46 bits per heavy atom. The van der Waals surface area contributed by atoms with Crippen LogP contribution >= 0.6 is 15.9 Å². The van der Waals surface area contributed by atoms with E-state index in [1.807, 2.05) is 6.07 Å². The molecular formula is C16H17BrN2O5. The van der Waals surface area contributed by atoms with Crippen LogP contribution in [0.5, 0.6) is 11.5 Å². The van der Waals surface area contributed by atoms with E-state index in [1.165, 1.54) is 13.2 Å². The van der Waals surface area contributed by atoms with E-state index in [0.29, 0.717) is 10.0 Å². The van der Waals surface area contributed by atoms with Crippen molar-refractivity contribution >= 4 is 33.9 Å². The third kappa shape index (κ3) is 5.59. The standard InChI is InChI=1S/C16H17BrN2O5/c1-9(2)19-16(22)11(7-18)4-10-5-12(17)15(13(6-10)23-3)24-8-14(20)21/h4-6,9H,8H2,1-3H3,(H,19,22)(H,20,21)/b11-4-. The van der Waals surface area contributed by atoms with Gasteiger partial charge in [0, 0.05) is 6.04 Å². The number of rotatable bonds is 7. The number of ether oxygens (including phenoxy) is 2. The Kier molecular flexibility index (Phi) is 7.27. The summed E-state index contributed by atoms with van der Waals surface area (Å²) < 4.78 is 10.8. The molecule has 1 rings (SSSR count). The summed E-state index contributed by atoms with van der Waals surface area (Å²) in [5, 5.41) is 20.5. The van der Waals surface area contributed by atoms with Gasteiger partial charge < -0.3 is 19.9 Å². The zero-order valence-electron chi connectivity index (χ0n) is 13.4. The number of halogens is 1. The van der Waals surface area contributed by atoms with Crippen LogP contribution in [0.3, 0.4) is 0 Å². The summed E-state index contributed by atoms with van der Waals surface area (Å²) in [4.78, 5) is 22.6. The van der Waals surface area contributed by atoms with Gasteiger partial charge in [-0.05, 0) is 53.5 Å². The highest BCUT2D eigenvalue weighted by atomic mass is 79.9.